The molecule has 2 aliphatic rings. The summed E-state index contributed by atoms with van der Waals surface area (Å²) in [6, 6.07) is 6.57. The maximum Gasteiger partial charge on any atom is 0.573 e. The Morgan fingerprint density at radius 1 is 0.697 bits per heavy atom. The van der Waals surface area contributed by atoms with Crippen LogP contribution in [0.1, 0.15) is 128 Å². The Labute approximate surface area is 199 Å². The molecular formula is C29H45F3O. The molecule has 4 heteroatoms. The highest BCUT2D eigenvalue weighted by molar-refractivity contribution is 5.29. The van der Waals surface area contributed by atoms with E-state index in [0.717, 1.165) is 23.3 Å². The molecule has 1 aromatic carbocycles. The Balaban J connectivity index is 1.28. The molecule has 0 saturated heterocycles. The number of alkyl halides is 3. The van der Waals surface area contributed by atoms with Crippen molar-refractivity contribution in [3.05, 3.63) is 29.8 Å². The van der Waals surface area contributed by atoms with Crippen molar-refractivity contribution in [1.82, 2.24) is 0 Å². The van der Waals surface area contributed by atoms with E-state index >= 15 is 0 Å². The van der Waals surface area contributed by atoms with Crippen molar-refractivity contribution in [2.45, 2.75) is 128 Å². The predicted octanol–water partition coefficient (Wildman–Crippen LogP) is 10.2. The number of ether oxygens (including phenoxy) is 1. The van der Waals surface area contributed by atoms with Gasteiger partial charge in [0, 0.05) is 0 Å². The molecule has 0 aromatic heterocycles. The minimum Gasteiger partial charge on any atom is -0.406 e. The van der Waals surface area contributed by atoms with E-state index in [1.165, 1.54) is 121 Å². The number of halogens is 3. The Kier molecular flexibility index (Phi) is 10.9. The average molecular weight is 467 g/mol. The van der Waals surface area contributed by atoms with Crippen LogP contribution < -0.4 is 4.74 Å². The van der Waals surface area contributed by atoms with Crippen LogP contribution in [0, 0.1) is 17.8 Å². The normalized spacial score (nSPS) is 26.3. The van der Waals surface area contributed by atoms with Gasteiger partial charge in [-0.25, -0.2) is 0 Å². The molecule has 1 aromatic rings. The van der Waals surface area contributed by atoms with E-state index in [2.05, 4.69) is 11.7 Å². The molecule has 0 spiro atoms. The summed E-state index contributed by atoms with van der Waals surface area (Å²) < 4.78 is 41.1. The van der Waals surface area contributed by atoms with Gasteiger partial charge in [0.1, 0.15) is 5.75 Å². The topological polar surface area (TPSA) is 9.23 Å². The zero-order chi connectivity index (χ0) is 23.5. The van der Waals surface area contributed by atoms with Crippen molar-refractivity contribution in [3.63, 3.8) is 0 Å². The summed E-state index contributed by atoms with van der Waals surface area (Å²) in [5, 5.41) is 0. The molecule has 0 aliphatic heterocycles. The van der Waals surface area contributed by atoms with Gasteiger partial charge < -0.3 is 4.74 Å². The largest absolute Gasteiger partial charge is 0.573 e. The van der Waals surface area contributed by atoms with Crippen LogP contribution in [0.15, 0.2) is 24.3 Å². The number of hydrogen-bond acceptors (Lipinski definition) is 1. The van der Waals surface area contributed by atoms with Gasteiger partial charge in [-0.05, 0) is 79.9 Å². The third-order valence-electron chi connectivity index (χ3n) is 8.38. The van der Waals surface area contributed by atoms with Gasteiger partial charge in [0.2, 0.25) is 0 Å². The standard InChI is InChI=1S/C29H45F3O/c1-2-3-4-5-6-7-8-9-10-23-11-13-24(14-12-23)25-15-17-26(18-16-25)27-19-21-28(22-20-27)33-29(30,31)32/h19-26H,2-18H2,1H3/t23-,24-,25?,26?. The van der Waals surface area contributed by atoms with E-state index in [9.17, 15) is 13.2 Å². The summed E-state index contributed by atoms with van der Waals surface area (Å²) >= 11 is 0. The van der Waals surface area contributed by atoms with Gasteiger partial charge in [0.15, 0.2) is 0 Å². The molecule has 0 bridgehead atoms. The van der Waals surface area contributed by atoms with Crippen molar-refractivity contribution in [2.24, 2.45) is 17.8 Å². The predicted molar refractivity (Wildman–Crippen MR) is 130 cm³/mol. The molecule has 0 amide bonds. The summed E-state index contributed by atoms with van der Waals surface area (Å²) in [7, 11) is 0. The number of benzene rings is 1. The van der Waals surface area contributed by atoms with Gasteiger partial charge in [-0.2, -0.15) is 0 Å². The number of unbranched alkanes of at least 4 members (excludes halogenated alkanes) is 7. The second kappa shape index (κ2) is 13.6. The van der Waals surface area contributed by atoms with E-state index in [4.69, 9.17) is 0 Å². The van der Waals surface area contributed by atoms with Crippen molar-refractivity contribution < 1.29 is 17.9 Å². The fourth-order valence-corrected chi connectivity index (χ4v) is 6.38. The minimum atomic E-state index is -4.62. The third-order valence-corrected chi connectivity index (χ3v) is 8.38. The Bertz CT molecular complexity index is 638. The van der Waals surface area contributed by atoms with Crippen LogP contribution in [0.4, 0.5) is 13.2 Å². The molecular weight excluding hydrogens is 421 g/mol. The first kappa shape index (κ1) is 26.4. The second-order valence-corrected chi connectivity index (χ2v) is 10.8. The zero-order valence-electron chi connectivity index (χ0n) is 20.7. The summed E-state index contributed by atoms with van der Waals surface area (Å²) in [5.41, 5.74) is 1.16. The van der Waals surface area contributed by atoms with E-state index in [1.807, 2.05) is 12.1 Å². The van der Waals surface area contributed by atoms with E-state index in [0.29, 0.717) is 5.92 Å². The zero-order valence-corrected chi connectivity index (χ0v) is 20.7. The first-order valence-electron chi connectivity index (χ1n) is 13.8. The van der Waals surface area contributed by atoms with Gasteiger partial charge in [-0.15, -0.1) is 13.2 Å². The van der Waals surface area contributed by atoms with Crippen molar-refractivity contribution in [1.29, 1.82) is 0 Å². The van der Waals surface area contributed by atoms with Crippen LogP contribution in [-0.2, 0) is 0 Å². The molecule has 0 unspecified atom stereocenters. The van der Waals surface area contributed by atoms with Crippen molar-refractivity contribution >= 4 is 0 Å². The minimum absolute atomic E-state index is 0.122. The Morgan fingerprint density at radius 2 is 1.21 bits per heavy atom. The maximum atomic E-state index is 12.4. The summed E-state index contributed by atoms with van der Waals surface area (Å²) in [5.74, 6) is 3.10. The molecule has 188 valence electrons. The van der Waals surface area contributed by atoms with Crippen LogP contribution in [0.5, 0.6) is 5.75 Å². The highest BCUT2D eigenvalue weighted by atomic mass is 19.4. The average Bonchev–Trinajstić information content (AvgIpc) is 2.81. The summed E-state index contributed by atoms with van der Waals surface area (Å²) in [6.45, 7) is 2.28. The van der Waals surface area contributed by atoms with E-state index in [1.54, 1.807) is 0 Å². The lowest BCUT2D eigenvalue weighted by atomic mass is 9.68. The Morgan fingerprint density at radius 3 is 1.76 bits per heavy atom. The molecule has 1 nitrogen and oxygen atoms in total. The molecule has 0 N–H and O–H groups in total. The molecule has 2 saturated carbocycles. The lowest BCUT2D eigenvalue weighted by Crippen LogP contribution is -2.25. The highest BCUT2D eigenvalue weighted by Gasteiger charge is 2.32. The molecule has 0 atom stereocenters. The van der Waals surface area contributed by atoms with Crippen molar-refractivity contribution in [2.75, 3.05) is 0 Å². The van der Waals surface area contributed by atoms with E-state index < -0.39 is 6.36 Å². The lowest BCUT2D eigenvalue weighted by molar-refractivity contribution is -0.274. The molecule has 3 rings (SSSR count). The fourth-order valence-electron chi connectivity index (χ4n) is 6.38. The first-order chi connectivity index (χ1) is 15.9. The Hall–Kier alpha value is -1.19. The van der Waals surface area contributed by atoms with E-state index in [-0.39, 0.29) is 5.75 Å². The molecule has 2 aliphatic carbocycles. The SMILES string of the molecule is CCCCCCCCCC[C@H]1CC[C@H](C2CCC(c3ccc(OC(F)(F)F)cc3)CC2)CC1. The number of rotatable bonds is 12. The van der Waals surface area contributed by atoms with Gasteiger partial charge in [-0.1, -0.05) is 89.7 Å². The van der Waals surface area contributed by atoms with Gasteiger partial charge in [0.05, 0.1) is 0 Å². The van der Waals surface area contributed by atoms with Crippen molar-refractivity contribution in [3.8, 4) is 5.75 Å². The number of hydrogen-bond donors (Lipinski definition) is 0. The fraction of sp³-hybridized carbons (Fsp3) is 0.793. The highest BCUT2D eigenvalue weighted by Crippen LogP contribution is 2.44. The van der Waals surface area contributed by atoms with Gasteiger partial charge in [-0.3, -0.25) is 0 Å². The smallest absolute Gasteiger partial charge is 0.406 e. The third kappa shape index (κ3) is 9.53. The molecule has 2 fully saturated rings. The monoisotopic (exact) mass is 466 g/mol. The van der Waals surface area contributed by atoms with Crippen LogP contribution in [-0.4, -0.2) is 6.36 Å². The molecule has 0 heterocycles. The quantitative estimate of drug-likeness (QED) is 0.278. The lowest BCUT2D eigenvalue weighted by Gasteiger charge is -2.38. The second-order valence-electron chi connectivity index (χ2n) is 10.8. The van der Waals surface area contributed by atoms with Crippen LogP contribution in [0.2, 0.25) is 0 Å². The first-order valence-corrected chi connectivity index (χ1v) is 13.8. The van der Waals surface area contributed by atoms with Crippen LogP contribution in [0.25, 0.3) is 0 Å². The maximum absolute atomic E-state index is 12.4. The summed E-state index contributed by atoms with van der Waals surface area (Å²) in [6.07, 6.45) is 18.7. The molecule has 0 radical (unpaired) electrons. The van der Waals surface area contributed by atoms with Gasteiger partial charge in [0.25, 0.3) is 0 Å². The molecule has 33 heavy (non-hydrogen) atoms. The summed E-state index contributed by atoms with van der Waals surface area (Å²) in [4.78, 5) is 0. The van der Waals surface area contributed by atoms with Gasteiger partial charge >= 0.3 is 6.36 Å². The van der Waals surface area contributed by atoms with Crippen LogP contribution in [0.3, 0.4) is 0 Å². The van der Waals surface area contributed by atoms with Crippen LogP contribution >= 0.6 is 0 Å².